The smallest absolute Gasteiger partial charge is 0.349 e. The normalized spacial score (nSPS) is 10.0. The van der Waals surface area contributed by atoms with Gasteiger partial charge in [-0.2, -0.15) is 4.98 Å². The maximum absolute atomic E-state index is 10.8. The first-order valence-electron chi connectivity index (χ1n) is 5.40. The molecule has 98 valence electrons. The number of nitro groups is 1. The van der Waals surface area contributed by atoms with E-state index in [4.69, 9.17) is 9.47 Å². The van der Waals surface area contributed by atoms with Crippen LogP contribution in [0.3, 0.4) is 0 Å². The SMILES string of the molecule is COc1ccc(Oc2nc(C)ncc2[N+](=O)[O-])cc1. The Hall–Kier alpha value is -2.70. The third kappa shape index (κ3) is 2.95. The van der Waals surface area contributed by atoms with Crippen LogP contribution in [0.25, 0.3) is 0 Å². The quantitative estimate of drug-likeness (QED) is 0.620. The molecule has 0 atom stereocenters. The molecular formula is C12H11N3O4. The van der Waals surface area contributed by atoms with Crippen molar-refractivity contribution in [3.05, 3.63) is 46.4 Å². The highest BCUT2D eigenvalue weighted by Gasteiger charge is 2.18. The van der Waals surface area contributed by atoms with Crippen LogP contribution in [0.5, 0.6) is 17.4 Å². The number of hydrogen-bond donors (Lipinski definition) is 0. The molecular weight excluding hydrogens is 250 g/mol. The minimum Gasteiger partial charge on any atom is -0.497 e. The maximum atomic E-state index is 10.8. The zero-order valence-corrected chi connectivity index (χ0v) is 10.4. The Kier molecular flexibility index (Phi) is 3.56. The van der Waals surface area contributed by atoms with Crippen molar-refractivity contribution in [1.82, 2.24) is 9.97 Å². The lowest BCUT2D eigenvalue weighted by molar-refractivity contribution is -0.386. The lowest BCUT2D eigenvalue weighted by Gasteiger charge is -2.06. The first-order valence-corrected chi connectivity index (χ1v) is 5.40. The van der Waals surface area contributed by atoms with Crippen molar-refractivity contribution < 1.29 is 14.4 Å². The zero-order chi connectivity index (χ0) is 13.8. The van der Waals surface area contributed by atoms with Crippen molar-refractivity contribution in [3.8, 4) is 17.4 Å². The summed E-state index contributed by atoms with van der Waals surface area (Å²) in [6, 6.07) is 6.66. The fraction of sp³-hybridized carbons (Fsp3) is 0.167. The van der Waals surface area contributed by atoms with Crippen LogP contribution in [0.4, 0.5) is 5.69 Å². The highest BCUT2D eigenvalue weighted by atomic mass is 16.6. The summed E-state index contributed by atoms with van der Waals surface area (Å²) in [6.07, 6.45) is 1.13. The predicted molar refractivity (Wildman–Crippen MR) is 66.5 cm³/mol. The molecule has 0 saturated carbocycles. The van der Waals surface area contributed by atoms with Crippen molar-refractivity contribution in [2.75, 3.05) is 7.11 Å². The molecule has 0 unspecified atom stereocenters. The topological polar surface area (TPSA) is 87.4 Å². The maximum Gasteiger partial charge on any atom is 0.349 e. The number of hydrogen-bond acceptors (Lipinski definition) is 6. The van der Waals surface area contributed by atoms with Gasteiger partial charge in [0, 0.05) is 0 Å². The molecule has 0 saturated heterocycles. The van der Waals surface area contributed by atoms with Crippen LogP contribution in [-0.4, -0.2) is 22.0 Å². The van der Waals surface area contributed by atoms with E-state index < -0.39 is 4.92 Å². The minimum atomic E-state index is -0.585. The summed E-state index contributed by atoms with van der Waals surface area (Å²) >= 11 is 0. The molecule has 2 aromatic rings. The Morgan fingerprint density at radius 2 is 1.84 bits per heavy atom. The number of methoxy groups -OCH3 is 1. The molecule has 7 nitrogen and oxygen atoms in total. The van der Waals surface area contributed by atoms with Gasteiger partial charge in [0.15, 0.2) is 0 Å². The monoisotopic (exact) mass is 261 g/mol. The van der Waals surface area contributed by atoms with E-state index in [0.717, 1.165) is 6.20 Å². The van der Waals surface area contributed by atoms with Crippen LogP contribution in [0.1, 0.15) is 5.82 Å². The average Bonchev–Trinajstić information content (AvgIpc) is 2.39. The summed E-state index contributed by atoms with van der Waals surface area (Å²) < 4.78 is 10.4. The Balaban J connectivity index is 2.31. The van der Waals surface area contributed by atoms with Gasteiger partial charge in [0.2, 0.25) is 0 Å². The highest BCUT2D eigenvalue weighted by Crippen LogP contribution is 2.29. The third-order valence-corrected chi connectivity index (χ3v) is 2.33. The second-order valence-electron chi connectivity index (χ2n) is 3.64. The van der Waals surface area contributed by atoms with Crippen LogP contribution in [0.2, 0.25) is 0 Å². The number of aryl methyl sites for hydroxylation is 1. The first-order chi connectivity index (χ1) is 9.10. The van der Waals surface area contributed by atoms with E-state index in [9.17, 15) is 10.1 Å². The number of nitrogens with zero attached hydrogens (tertiary/aromatic N) is 3. The van der Waals surface area contributed by atoms with Crippen LogP contribution >= 0.6 is 0 Å². The van der Waals surface area contributed by atoms with Gasteiger partial charge in [-0.25, -0.2) is 4.98 Å². The van der Waals surface area contributed by atoms with E-state index in [-0.39, 0.29) is 11.6 Å². The molecule has 1 aromatic heterocycles. The van der Waals surface area contributed by atoms with Crippen molar-refractivity contribution in [1.29, 1.82) is 0 Å². The zero-order valence-electron chi connectivity index (χ0n) is 10.4. The van der Waals surface area contributed by atoms with Crippen molar-refractivity contribution in [3.63, 3.8) is 0 Å². The van der Waals surface area contributed by atoms with E-state index in [1.54, 1.807) is 38.3 Å². The molecule has 0 spiro atoms. The molecule has 0 N–H and O–H groups in total. The summed E-state index contributed by atoms with van der Waals surface area (Å²) in [7, 11) is 1.55. The summed E-state index contributed by atoms with van der Waals surface area (Å²) in [4.78, 5) is 18.0. The molecule has 0 amide bonds. The second-order valence-corrected chi connectivity index (χ2v) is 3.64. The standard InChI is InChI=1S/C12H11N3O4/c1-8-13-7-11(15(16)17)12(14-8)19-10-5-3-9(18-2)4-6-10/h3-7H,1-2H3. The number of rotatable bonds is 4. The molecule has 0 aliphatic rings. The van der Waals surface area contributed by atoms with Gasteiger partial charge < -0.3 is 9.47 Å². The molecule has 0 aliphatic carbocycles. The van der Waals surface area contributed by atoms with E-state index in [1.165, 1.54) is 0 Å². The van der Waals surface area contributed by atoms with Gasteiger partial charge in [0.05, 0.1) is 12.0 Å². The largest absolute Gasteiger partial charge is 0.497 e. The van der Waals surface area contributed by atoms with Crippen LogP contribution in [0.15, 0.2) is 30.5 Å². The summed E-state index contributed by atoms with van der Waals surface area (Å²) in [6.45, 7) is 1.63. The second kappa shape index (κ2) is 5.30. The van der Waals surface area contributed by atoms with E-state index in [0.29, 0.717) is 17.3 Å². The lowest BCUT2D eigenvalue weighted by Crippen LogP contribution is -1.99. The lowest BCUT2D eigenvalue weighted by atomic mass is 10.3. The van der Waals surface area contributed by atoms with E-state index in [1.807, 2.05) is 0 Å². The van der Waals surface area contributed by atoms with Crippen molar-refractivity contribution >= 4 is 5.69 Å². The molecule has 7 heteroatoms. The summed E-state index contributed by atoms with van der Waals surface area (Å²) in [5.74, 6) is 1.42. The average molecular weight is 261 g/mol. The highest BCUT2D eigenvalue weighted by molar-refractivity contribution is 5.42. The van der Waals surface area contributed by atoms with Gasteiger partial charge >= 0.3 is 11.6 Å². The Bertz CT molecular complexity index is 598. The van der Waals surface area contributed by atoms with Gasteiger partial charge in [-0.3, -0.25) is 10.1 Å². The molecule has 0 fully saturated rings. The molecule has 0 aliphatic heterocycles. The minimum absolute atomic E-state index is 0.0809. The Morgan fingerprint density at radius 1 is 1.21 bits per heavy atom. The molecule has 19 heavy (non-hydrogen) atoms. The van der Waals surface area contributed by atoms with Crippen LogP contribution in [0, 0.1) is 17.0 Å². The third-order valence-electron chi connectivity index (χ3n) is 2.33. The number of benzene rings is 1. The molecule has 0 radical (unpaired) electrons. The Morgan fingerprint density at radius 3 is 2.42 bits per heavy atom. The van der Waals surface area contributed by atoms with Crippen LogP contribution < -0.4 is 9.47 Å². The fourth-order valence-corrected chi connectivity index (χ4v) is 1.40. The molecule has 2 rings (SSSR count). The van der Waals surface area contributed by atoms with Gasteiger partial charge in [-0.1, -0.05) is 0 Å². The Labute approximate surface area is 109 Å². The van der Waals surface area contributed by atoms with Gasteiger partial charge in [-0.05, 0) is 31.2 Å². The van der Waals surface area contributed by atoms with E-state index in [2.05, 4.69) is 9.97 Å². The van der Waals surface area contributed by atoms with E-state index >= 15 is 0 Å². The number of ether oxygens (including phenoxy) is 2. The molecule has 1 heterocycles. The summed E-state index contributed by atoms with van der Waals surface area (Å²) in [5.41, 5.74) is -0.276. The van der Waals surface area contributed by atoms with Gasteiger partial charge in [0.25, 0.3) is 0 Å². The van der Waals surface area contributed by atoms with Crippen molar-refractivity contribution in [2.24, 2.45) is 0 Å². The molecule has 0 bridgehead atoms. The van der Waals surface area contributed by atoms with Crippen LogP contribution in [-0.2, 0) is 0 Å². The summed E-state index contributed by atoms with van der Waals surface area (Å²) in [5, 5.41) is 10.8. The first kappa shape index (κ1) is 12.7. The number of aromatic nitrogens is 2. The van der Waals surface area contributed by atoms with Crippen molar-refractivity contribution in [2.45, 2.75) is 6.92 Å². The fourth-order valence-electron chi connectivity index (χ4n) is 1.40. The van der Waals surface area contributed by atoms with Gasteiger partial charge in [0.1, 0.15) is 23.5 Å². The van der Waals surface area contributed by atoms with Gasteiger partial charge in [-0.15, -0.1) is 0 Å². The molecule has 1 aromatic carbocycles. The predicted octanol–water partition coefficient (Wildman–Crippen LogP) is 2.49.